The lowest BCUT2D eigenvalue weighted by Crippen LogP contribution is -3.14. The number of carbonyl (C=O) groups excluding carboxylic acids is 1. The van der Waals surface area contributed by atoms with Gasteiger partial charge < -0.3 is 20.1 Å². The maximum Gasteiger partial charge on any atom is 0.217 e. The predicted molar refractivity (Wildman–Crippen MR) is 113 cm³/mol. The highest BCUT2D eigenvalue weighted by atomic mass is 32.1. The zero-order valence-electron chi connectivity index (χ0n) is 16.8. The molecule has 0 unspecified atom stereocenters. The van der Waals surface area contributed by atoms with Crippen molar-refractivity contribution in [2.75, 3.05) is 31.1 Å². The van der Waals surface area contributed by atoms with Crippen LogP contribution in [0.5, 0.6) is 0 Å². The molecule has 0 saturated carbocycles. The van der Waals surface area contributed by atoms with Crippen molar-refractivity contribution in [3.63, 3.8) is 0 Å². The minimum Gasteiger partial charge on any atom is -0.370 e. The van der Waals surface area contributed by atoms with Crippen molar-refractivity contribution >= 4 is 23.8 Å². The molecule has 7 nitrogen and oxygen atoms in total. The van der Waals surface area contributed by atoms with E-state index in [9.17, 15) is 4.79 Å². The van der Waals surface area contributed by atoms with E-state index in [1.165, 1.54) is 10.6 Å². The number of benzene rings is 1. The van der Waals surface area contributed by atoms with Crippen LogP contribution in [0.1, 0.15) is 26.1 Å². The second-order valence-corrected chi connectivity index (χ2v) is 8.26. The Balaban J connectivity index is 1.67. The number of nitrogens with zero attached hydrogens (tertiary/aromatic N) is 4. The molecule has 3 rings (SSSR count). The number of aryl methyl sites for hydroxylation is 1. The molecular weight excluding hydrogens is 372 g/mol. The molecule has 28 heavy (non-hydrogen) atoms. The first kappa shape index (κ1) is 20.5. The fraction of sp³-hybridized carbons (Fsp3) is 0.550. The van der Waals surface area contributed by atoms with Crippen LogP contribution in [0.3, 0.4) is 0 Å². The topological polar surface area (TPSA) is 73.5 Å². The zero-order valence-corrected chi connectivity index (χ0v) is 17.6. The normalized spacial score (nSPS) is 15.3. The largest absolute Gasteiger partial charge is 0.370 e. The summed E-state index contributed by atoms with van der Waals surface area (Å²) in [6, 6.07) is 10.6. The molecule has 0 spiro atoms. The van der Waals surface area contributed by atoms with Crippen molar-refractivity contribution < 1.29 is 9.69 Å². The van der Waals surface area contributed by atoms with E-state index in [0.29, 0.717) is 18.8 Å². The Bertz CT molecular complexity index is 836. The van der Waals surface area contributed by atoms with Gasteiger partial charge >= 0.3 is 0 Å². The van der Waals surface area contributed by atoms with E-state index in [2.05, 4.69) is 53.6 Å². The van der Waals surface area contributed by atoms with Crippen LogP contribution in [0.4, 0.5) is 5.69 Å². The molecule has 2 heterocycles. The monoisotopic (exact) mass is 403 g/mol. The first-order valence-corrected chi connectivity index (χ1v) is 10.4. The lowest BCUT2D eigenvalue weighted by Gasteiger charge is -2.33. The summed E-state index contributed by atoms with van der Waals surface area (Å²) in [6.07, 6.45) is 0.836. The van der Waals surface area contributed by atoms with Gasteiger partial charge in [-0.1, -0.05) is 32.0 Å². The van der Waals surface area contributed by atoms with Gasteiger partial charge in [0.15, 0.2) is 6.67 Å². The molecule has 0 atom stereocenters. The van der Waals surface area contributed by atoms with Gasteiger partial charge in [-0.15, -0.1) is 0 Å². The Hall–Kier alpha value is -2.19. The Kier molecular flexibility index (Phi) is 6.85. The van der Waals surface area contributed by atoms with Crippen molar-refractivity contribution in [3.8, 4) is 0 Å². The van der Waals surface area contributed by atoms with Gasteiger partial charge in [-0.2, -0.15) is 9.78 Å². The molecule has 1 aromatic heterocycles. The average Bonchev–Trinajstić information content (AvgIpc) is 2.96. The number of piperazine rings is 1. The molecule has 1 saturated heterocycles. The molecule has 152 valence electrons. The smallest absolute Gasteiger partial charge is 0.217 e. The number of quaternary nitrogens is 1. The highest BCUT2D eigenvalue weighted by molar-refractivity contribution is 7.71. The van der Waals surface area contributed by atoms with Gasteiger partial charge in [0.1, 0.15) is 5.82 Å². The fourth-order valence-electron chi connectivity index (χ4n) is 3.65. The van der Waals surface area contributed by atoms with E-state index in [0.717, 1.165) is 50.0 Å². The molecule has 1 aliphatic rings. The first-order chi connectivity index (χ1) is 13.4. The predicted octanol–water partition coefficient (Wildman–Crippen LogP) is 0.851. The maximum absolute atomic E-state index is 11.2. The van der Waals surface area contributed by atoms with Crippen molar-refractivity contribution in [1.82, 2.24) is 14.3 Å². The van der Waals surface area contributed by atoms with Crippen LogP contribution in [0.25, 0.3) is 0 Å². The van der Waals surface area contributed by atoms with Crippen LogP contribution in [-0.4, -0.2) is 46.4 Å². The number of hydrogen-bond donors (Lipinski definition) is 2. The minimum absolute atomic E-state index is 0.298. The number of para-hydroxylation sites is 1. The van der Waals surface area contributed by atoms with Crippen LogP contribution in [0, 0.1) is 10.7 Å². The van der Waals surface area contributed by atoms with Crippen LogP contribution in [0.2, 0.25) is 0 Å². The van der Waals surface area contributed by atoms with E-state index in [1.54, 1.807) is 0 Å². The molecule has 1 aromatic carbocycles. The van der Waals surface area contributed by atoms with E-state index < -0.39 is 0 Å². The third-order valence-corrected chi connectivity index (χ3v) is 5.54. The summed E-state index contributed by atoms with van der Waals surface area (Å²) >= 11 is 5.70. The number of rotatable bonds is 8. The lowest BCUT2D eigenvalue weighted by atomic mass is 10.2. The van der Waals surface area contributed by atoms with Crippen molar-refractivity contribution in [2.45, 2.75) is 39.9 Å². The van der Waals surface area contributed by atoms with E-state index in [4.69, 9.17) is 23.1 Å². The third kappa shape index (κ3) is 5.20. The Labute approximate surface area is 171 Å². The summed E-state index contributed by atoms with van der Waals surface area (Å²) in [5.74, 6) is 1.01. The van der Waals surface area contributed by atoms with E-state index >= 15 is 0 Å². The van der Waals surface area contributed by atoms with Gasteiger partial charge in [-0.25, -0.2) is 0 Å². The van der Waals surface area contributed by atoms with Gasteiger partial charge in [0.2, 0.25) is 10.7 Å². The van der Waals surface area contributed by atoms with Crippen LogP contribution < -0.4 is 15.5 Å². The highest BCUT2D eigenvalue weighted by Gasteiger charge is 2.22. The SMILES string of the molecule is CC(C)Cn1c(CCC(N)=O)nn(C[NH+]2CCN(c3ccccc3)CC2)c1=S. The molecule has 1 fully saturated rings. The lowest BCUT2D eigenvalue weighted by molar-refractivity contribution is -0.924. The van der Waals surface area contributed by atoms with Crippen LogP contribution in [-0.2, 0) is 24.4 Å². The summed E-state index contributed by atoms with van der Waals surface area (Å²) in [5.41, 5.74) is 6.61. The molecule has 2 aromatic rings. The minimum atomic E-state index is -0.306. The standard InChI is InChI=1S/C20H30N6OS/c1-16(2)14-25-19(9-8-18(21)27)22-26(20(25)28)15-23-10-12-24(13-11-23)17-6-4-3-5-7-17/h3-7,16H,8-15H2,1-2H3,(H2,21,27)/p+1. The molecule has 3 N–H and O–H groups in total. The number of aromatic nitrogens is 3. The van der Waals surface area contributed by atoms with E-state index in [-0.39, 0.29) is 5.91 Å². The summed E-state index contributed by atoms with van der Waals surface area (Å²) in [7, 11) is 0. The Morgan fingerprint density at radius 3 is 2.54 bits per heavy atom. The van der Waals surface area contributed by atoms with Gasteiger partial charge in [-0.05, 0) is 30.3 Å². The Morgan fingerprint density at radius 2 is 1.93 bits per heavy atom. The first-order valence-electron chi connectivity index (χ1n) is 10.0. The summed E-state index contributed by atoms with van der Waals surface area (Å²) in [6.45, 7) is 10.0. The summed E-state index contributed by atoms with van der Waals surface area (Å²) in [4.78, 5) is 15.1. The second kappa shape index (κ2) is 9.34. The van der Waals surface area contributed by atoms with Gasteiger partial charge in [0, 0.05) is 25.1 Å². The summed E-state index contributed by atoms with van der Waals surface area (Å²) in [5, 5.41) is 4.74. The van der Waals surface area contributed by atoms with Crippen LogP contribution in [0.15, 0.2) is 30.3 Å². The average molecular weight is 404 g/mol. The zero-order chi connectivity index (χ0) is 20.1. The maximum atomic E-state index is 11.2. The third-order valence-electron chi connectivity index (χ3n) is 5.11. The molecule has 0 bridgehead atoms. The molecule has 1 amide bonds. The number of anilines is 1. The quantitative estimate of drug-likeness (QED) is 0.641. The molecule has 1 aliphatic heterocycles. The van der Waals surface area contributed by atoms with Crippen molar-refractivity contribution in [2.24, 2.45) is 11.7 Å². The molecule has 0 radical (unpaired) electrons. The molecular formula is C20H31N6OS+. The number of primary amides is 1. The summed E-state index contributed by atoms with van der Waals surface area (Å²) < 4.78 is 4.75. The number of amides is 1. The number of hydrogen-bond acceptors (Lipinski definition) is 4. The second-order valence-electron chi connectivity index (χ2n) is 7.90. The molecule has 8 heteroatoms. The number of nitrogens with one attached hydrogen (secondary N) is 1. The van der Waals surface area contributed by atoms with E-state index in [1.807, 2.05) is 4.68 Å². The number of carbonyl (C=O) groups is 1. The number of nitrogens with two attached hydrogens (primary N) is 1. The van der Waals surface area contributed by atoms with Gasteiger partial charge in [0.25, 0.3) is 0 Å². The van der Waals surface area contributed by atoms with Crippen molar-refractivity contribution in [3.05, 3.63) is 40.9 Å². The van der Waals surface area contributed by atoms with Crippen LogP contribution >= 0.6 is 12.2 Å². The molecule has 0 aliphatic carbocycles. The highest BCUT2D eigenvalue weighted by Crippen LogP contribution is 2.12. The van der Waals surface area contributed by atoms with Gasteiger partial charge in [0.05, 0.1) is 26.2 Å². The van der Waals surface area contributed by atoms with Crippen molar-refractivity contribution in [1.29, 1.82) is 0 Å². The Morgan fingerprint density at radius 1 is 1.25 bits per heavy atom. The fourth-order valence-corrected chi connectivity index (χ4v) is 3.93. The van der Waals surface area contributed by atoms with Gasteiger partial charge in [-0.3, -0.25) is 4.79 Å².